The fourth-order valence-electron chi connectivity index (χ4n) is 4.04. The highest BCUT2D eigenvalue weighted by Crippen LogP contribution is 2.39. The molecule has 0 saturated carbocycles. The molecule has 2 aliphatic heterocycles. The van der Waals surface area contributed by atoms with E-state index in [2.05, 4.69) is 39.7 Å². The van der Waals surface area contributed by atoms with E-state index in [0.29, 0.717) is 11.0 Å². The van der Waals surface area contributed by atoms with Crippen LogP contribution >= 0.6 is 11.6 Å². The number of amides is 2. The summed E-state index contributed by atoms with van der Waals surface area (Å²) in [6, 6.07) is 15.9. The van der Waals surface area contributed by atoms with Gasteiger partial charge < -0.3 is 5.32 Å². The summed E-state index contributed by atoms with van der Waals surface area (Å²) < 4.78 is 1.78. The average molecular weight is 422 g/mol. The third kappa shape index (κ3) is 3.25. The van der Waals surface area contributed by atoms with Gasteiger partial charge in [-0.3, -0.25) is 9.59 Å². The number of nitrogens with one attached hydrogen (secondary N) is 1. The van der Waals surface area contributed by atoms with Crippen molar-refractivity contribution in [3.63, 3.8) is 0 Å². The third-order valence-corrected chi connectivity index (χ3v) is 5.92. The van der Waals surface area contributed by atoms with Gasteiger partial charge in [0, 0.05) is 17.9 Å². The summed E-state index contributed by atoms with van der Waals surface area (Å²) in [5.74, 6) is 0.154. The van der Waals surface area contributed by atoms with E-state index < -0.39 is 0 Å². The molecule has 0 aliphatic carbocycles. The Labute approximate surface area is 178 Å². The van der Waals surface area contributed by atoms with Crippen LogP contribution in [-0.4, -0.2) is 26.6 Å². The highest BCUT2D eigenvalue weighted by atomic mass is 35.5. The minimum absolute atomic E-state index is 0.0110. The second-order valence-corrected chi connectivity index (χ2v) is 8.15. The lowest BCUT2D eigenvalue weighted by molar-refractivity contribution is -0.121. The molecule has 0 spiro atoms. The van der Waals surface area contributed by atoms with E-state index >= 15 is 0 Å². The number of hydrogen-bond donors (Lipinski definition) is 1. The number of halogens is 1. The van der Waals surface area contributed by atoms with Gasteiger partial charge in [0.05, 0.1) is 12.1 Å². The minimum Gasteiger partial charge on any atom is -0.347 e. The average Bonchev–Trinajstić information content (AvgIpc) is 3.30. The number of nitrogens with zero attached hydrogens (tertiary/aromatic N) is 4. The van der Waals surface area contributed by atoms with Crippen LogP contribution < -0.4 is 10.2 Å². The lowest BCUT2D eigenvalue weighted by Crippen LogP contribution is -2.30. The fraction of sp³-hybridized carbons (Fsp3) is 0.273. The van der Waals surface area contributed by atoms with Gasteiger partial charge >= 0.3 is 0 Å². The van der Waals surface area contributed by atoms with Gasteiger partial charge in [0.2, 0.25) is 17.8 Å². The molecule has 2 atom stereocenters. The molecule has 1 saturated heterocycles. The molecule has 8 heteroatoms. The molecule has 3 heterocycles. The number of benzene rings is 2. The van der Waals surface area contributed by atoms with Crippen molar-refractivity contribution in [1.29, 1.82) is 0 Å². The molecule has 2 aliphatic rings. The van der Waals surface area contributed by atoms with Crippen LogP contribution in [0.2, 0.25) is 5.02 Å². The second-order valence-electron chi connectivity index (χ2n) is 7.71. The highest BCUT2D eigenvalue weighted by Gasteiger charge is 2.37. The molecule has 1 aromatic heterocycles. The zero-order valence-corrected chi connectivity index (χ0v) is 17.1. The summed E-state index contributed by atoms with van der Waals surface area (Å²) >= 11 is 6.06. The standard InChI is InChI=1S/C22H20ClN5O2/c1-13-2-4-15(5-3-13)18-12-17(14-6-8-16(23)9-7-14)24-21-25-22(26-28(18)21)27-19(29)10-11-20(27)30/h2-9,17-18H,10-12H2,1H3,(H,24,25,26)/t17-,18+/m0/s1. The Kier molecular flexibility index (Phi) is 4.55. The van der Waals surface area contributed by atoms with E-state index in [1.165, 1.54) is 5.56 Å². The number of hydrogen-bond acceptors (Lipinski definition) is 5. The van der Waals surface area contributed by atoms with Crippen LogP contribution in [-0.2, 0) is 9.59 Å². The molecule has 30 heavy (non-hydrogen) atoms. The SMILES string of the molecule is Cc1ccc([C@H]2C[C@@H](c3ccc(Cl)cc3)Nc3nc(N4C(=O)CCC4=O)nn32)cc1. The molecule has 5 rings (SSSR count). The van der Waals surface area contributed by atoms with Crippen molar-refractivity contribution in [1.82, 2.24) is 14.8 Å². The van der Waals surface area contributed by atoms with Gasteiger partial charge in [0.25, 0.3) is 5.95 Å². The first-order chi connectivity index (χ1) is 14.5. The molecule has 2 aromatic carbocycles. The topological polar surface area (TPSA) is 80.1 Å². The Hall–Kier alpha value is -3.19. The smallest absolute Gasteiger partial charge is 0.260 e. The van der Waals surface area contributed by atoms with Crippen LogP contribution in [0.3, 0.4) is 0 Å². The van der Waals surface area contributed by atoms with Gasteiger partial charge in [-0.15, -0.1) is 5.10 Å². The van der Waals surface area contributed by atoms with E-state index in [0.717, 1.165) is 22.4 Å². The van der Waals surface area contributed by atoms with E-state index in [9.17, 15) is 9.59 Å². The van der Waals surface area contributed by atoms with E-state index in [1.807, 2.05) is 31.2 Å². The maximum absolute atomic E-state index is 12.2. The molecule has 1 N–H and O–H groups in total. The van der Waals surface area contributed by atoms with Gasteiger partial charge in [-0.1, -0.05) is 53.6 Å². The van der Waals surface area contributed by atoms with Crippen LogP contribution in [0.15, 0.2) is 48.5 Å². The summed E-state index contributed by atoms with van der Waals surface area (Å²) in [6.45, 7) is 2.05. The van der Waals surface area contributed by atoms with Crippen molar-refractivity contribution in [3.05, 3.63) is 70.2 Å². The first-order valence-corrected chi connectivity index (χ1v) is 10.3. The van der Waals surface area contributed by atoms with Crippen LogP contribution in [0, 0.1) is 6.92 Å². The van der Waals surface area contributed by atoms with Crippen molar-refractivity contribution >= 4 is 35.3 Å². The number of carbonyl (C=O) groups excluding carboxylic acids is 2. The van der Waals surface area contributed by atoms with Crippen LogP contribution in [0.25, 0.3) is 0 Å². The Morgan fingerprint density at radius 3 is 2.27 bits per heavy atom. The Morgan fingerprint density at radius 1 is 0.967 bits per heavy atom. The first kappa shape index (κ1) is 18.8. The van der Waals surface area contributed by atoms with Crippen molar-refractivity contribution in [3.8, 4) is 0 Å². The second kappa shape index (κ2) is 7.25. The molecular formula is C22H20ClN5O2. The zero-order chi connectivity index (χ0) is 20.8. The van der Waals surface area contributed by atoms with Gasteiger partial charge in [-0.2, -0.15) is 4.98 Å². The zero-order valence-electron chi connectivity index (χ0n) is 16.4. The Bertz CT molecular complexity index is 1110. The van der Waals surface area contributed by atoms with E-state index in [4.69, 9.17) is 11.6 Å². The van der Waals surface area contributed by atoms with Gasteiger partial charge in [-0.05, 0) is 36.6 Å². The molecule has 2 amide bonds. The van der Waals surface area contributed by atoms with E-state index in [-0.39, 0.29) is 42.7 Å². The quantitative estimate of drug-likeness (QED) is 0.645. The highest BCUT2D eigenvalue weighted by molar-refractivity contribution is 6.30. The molecular weight excluding hydrogens is 402 g/mol. The number of aromatic nitrogens is 3. The number of aryl methyl sites for hydroxylation is 1. The molecule has 7 nitrogen and oxygen atoms in total. The van der Waals surface area contributed by atoms with Crippen molar-refractivity contribution in [2.24, 2.45) is 0 Å². The molecule has 152 valence electrons. The number of fused-ring (bicyclic) bond motifs is 1. The minimum atomic E-state index is -0.260. The summed E-state index contributed by atoms with van der Waals surface area (Å²) in [5, 5.41) is 8.66. The number of rotatable bonds is 3. The van der Waals surface area contributed by atoms with Crippen LogP contribution in [0.4, 0.5) is 11.9 Å². The maximum Gasteiger partial charge on any atom is 0.260 e. The predicted molar refractivity (Wildman–Crippen MR) is 113 cm³/mol. The molecule has 1 fully saturated rings. The summed E-state index contributed by atoms with van der Waals surface area (Å²) in [5.41, 5.74) is 3.35. The first-order valence-electron chi connectivity index (χ1n) is 9.90. The third-order valence-electron chi connectivity index (χ3n) is 5.66. The van der Waals surface area contributed by atoms with E-state index in [1.54, 1.807) is 4.68 Å². The monoisotopic (exact) mass is 421 g/mol. The fourth-order valence-corrected chi connectivity index (χ4v) is 4.17. The lowest BCUT2D eigenvalue weighted by atomic mass is 9.93. The lowest BCUT2D eigenvalue weighted by Gasteiger charge is -2.31. The summed E-state index contributed by atoms with van der Waals surface area (Å²) in [6.07, 6.45) is 1.14. The summed E-state index contributed by atoms with van der Waals surface area (Å²) in [4.78, 5) is 30.0. The number of carbonyl (C=O) groups is 2. The Morgan fingerprint density at radius 2 is 1.60 bits per heavy atom. The molecule has 0 bridgehead atoms. The van der Waals surface area contributed by atoms with Gasteiger partial charge in [0.15, 0.2) is 0 Å². The predicted octanol–water partition coefficient (Wildman–Crippen LogP) is 4.04. The van der Waals surface area contributed by atoms with Crippen molar-refractivity contribution in [2.75, 3.05) is 10.2 Å². The maximum atomic E-state index is 12.2. The normalized spacial score (nSPS) is 20.9. The summed E-state index contributed by atoms with van der Waals surface area (Å²) in [7, 11) is 0. The number of anilines is 2. The van der Waals surface area contributed by atoms with Gasteiger partial charge in [0.1, 0.15) is 0 Å². The largest absolute Gasteiger partial charge is 0.347 e. The molecule has 0 radical (unpaired) electrons. The van der Waals surface area contributed by atoms with Crippen molar-refractivity contribution < 1.29 is 9.59 Å². The van der Waals surface area contributed by atoms with Crippen LogP contribution in [0.5, 0.6) is 0 Å². The molecule has 0 unspecified atom stereocenters. The van der Waals surface area contributed by atoms with Crippen LogP contribution in [0.1, 0.15) is 48.0 Å². The van der Waals surface area contributed by atoms with Crippen molar-refractivity contribution in [2.45, 2.75) is 38.3 Å². The molecule has 3 aromatic rings. The Balaban J connectivity index is 1.57. The number of imide groups is 1. The van der Waals surface area contributed by atoms with Gasteiger partial charge in [-0.25, -0.2) is 9.58 Å².